The first-order chi connectivity index (χ1) is 24.0. The Morgan fingerprint density at radius 2 is 1.61 bits per heavy atom. The average Bonchev–Trinajstić information content (AvgIpc) is 3.88. The van der Waals surface area contributed by atoms with Crippen LogP contribution in [-0.2, 0) is 11.8 Å². The van der Waals surface area contributed by atoms with E-state index in [1.807, 2.05) is 6.07 Å². The van der Waals surface area contributed by atoms with E-state index in [1.54, 1.807) is 0 Å². The van der Waals surface area contributed by atoms with Crippen LogP contribution in [0.2, 0.25) is 0 Å². The molecule has 4 aliphatic rings. The zero-order valence-electron chi connectivity index (χ0n) is 27.8. The van der Waals surface area contributed by atoms with Gasteiger partial charge in [-0.15, -0.1) is 0 Å². The molecule has 1 unspecified atom stereocenters. The molecule has 0 amide bonds. The van der Waals surface area contributed by atoms with E-state index in [9.17, 15) is 0 Å². The van der Waals surface area contributed by atoms with Gasteiger partial charge in [0.15, 0.2) is 0 Å². The fourth-order valence-electron chi connectivity index (χ4n) is 8.51. The lowest BCUT2D eigenvalue weighted by Crippen LogP contribution is -2.17. The highest BCUT2D eigenvalue weighted by Crippen LogP contribution is 2.50. The van der Waals surface area contributed by atoms with E-state index in [0.717, 1.165) is 87.1 Å². The van der Waals surface area contributed by atoms with Crippen molar-refractivity contribution in [1.29, 1.82) is 0 Å². The summed E-state index contributed by atoms with van der Waals surface area (Å²) in [7, 11) is 0. The summed E-state index contributed by atoms with van der Waals surface area (Å²) < 4.78 is 6.48. The molecule has 0 N–H and O–H groups in total. The van der Waals surface area contributed by atoms with Crippen molar-refractivity contribution in [3.05, 3.63) is 166 Å². The van der Waals surface area contributed by atoms with Crippen molar-refractivity contribution in [1.82, 2.24) is 4.98 Å². The molecular weight excluding hydrogens is 597 g/mol. The minimum absolute atomic E-state index is 0.0284. The molecule has 236 valence electrons. The highest BCUT2D eigenvalue weighted by atomic mass is 16.3. The molecule has 0 radical (unpaired) electrons. The van der Waals surface area contributed by atoms with E-state index >= 15 is 0 Å². The molecule has 0 fully saturated rings. The van der Waals surface area contributed by atoms with E-state index < -0.39 is 0 Å². The normalized spacial score (nSPS) is 18.7. The average molecular weight is 633 g/mol. The Morgan fingerprint density at radius 1 is 0.796 bits per heavy atom. The van der Waals surface area contributed by atoms with Gasteiger partial charge in [-0.2, -0.15) is 0 Å². The van der Waals surface area contributed by atoms with E-state index in [0.29, 0.717) is 0 Å². The minimum Gasteiger partial charge on any atom is -0.455 e. The van der Waals surface area contributed by atoms with E-state index in [-0.39, 0.29) is 11.3 Å². The van der Waals surface area contributed by atoms with Gasteiger partial charge in [0.2, 0.25) is 0 Å². The van der Waals surface area contributed by atoms with Gasteiger partial charge in [-0.3, -0.25) is 9.98 Å². The number of hydrogen-bond acceptors (Lipinski definition) is 3. The third-order valence-corrected chi connectivity index (χ3v) is 11.1. The second kappa shape index (κ2) is 10.7. The molecule has 0 saturated heterocycles. The molecule has 3 nitrogen and oxygen atoms in total. The molecule has 6 aromatic rings. The van der Waals surface area contributed by atoms with Crippen LogP contribution in [0.1, 0.15) is 72.5 Å². The van der Waals surface area contributed by atoms with Crippen LogP contribution in [0, 0.1) is 0 Å². The van der Waals surface area contributed by atoms with E-state index in [2.05, 4.69) is 135 Å². The first-order valence-electron chi connectivity index (χ1n) is 17.6. The van der Waals surface area contributed by atoms with E-state index in [4.69, 9.17) is 14.4 Å². The standard InChI is InChI=1S/C46H36N2O/c1-46(2)37-16-8-5-13-33(37)34-24-23-31(25-38(34)46)32-26-40(28-11-3-4-12-28)47-41(27-32)29-19-21-30(22-20-29)44-43-36-15-7-10-18-42(36)49-45(43)35-14-6-9-17-39(35)48-44/h3,5-8,10-16,18-26,32H,4,9,17,27H2,1-2H3. The molecule has 0 bridgehead atoms. The Bertz CT molecular complexity index is 2510. The van der Waals surface area contributed by atoms with E-state index in [1.165, 1.54) is 33.4 Å². The number of furan rings is 1. The Balaban J connectivity index is 1.04. The van der Waals surface area contributed by atoms with Gasteiger partial charge in [0, 0.05) is 40.0 Å². The van der Waals surface area contributed by atoms with Crippen LogP contribution in [0.5, 0.6) is 0 Å². The second-order valence-electron chi connectivity index (χ2n) is 14.3. The molecule has 0 spiro atoms. The topological polar surface area (TPSA) is 38.4 Å². The Labute approximate surface area is 286 Å². The number of pyridine rings is 1. The predicted octanol–water partition coefficient (Wildman–Crippen LogP) is 11.7. The van der Waals surface area contributed by atoms with Crippen LogP contribution in [0.25, 0.3) is 50.4 Å². The van der Waals surface area contributed by atoms with Crippen LogP contribution in [-0.4, -0.2) is 10.7 Å². The first-order valence-corrected chi connectivity index (χ1v) is 17.6. The molecule has 2 aromatic heterocycles. The second-order valence-corrected chi connectivity index (χ2v) is 14.3. The number of nitrogens with zero attached hydrogens (tertiary/aromatic N) is 2. The molecule has 3 heterocycles. The highest BCUT2D eigenvalue weighted by Gasteiger charge is 2.36. The molecule has 4 aromatic carbocycles. The summed E-state index contributed by atoms with van der Waals surface area (Å²) in [5, 5.41) is 2.20. The van der Waals surface area contributed by atoms with Gasteiger partial charge in [0.25, 0.3) is 0 Å². The summed E-state index contributed by atoms with van der Waals surface area (Å²) in [5.74, 6) is 0.231. The van der Waals surface area contributed by atoms with Crippen LogP contribution in [0.4, 0.5) is 0 Å². The van der Waals surface area contributed by atoms with Crippen LogP contribution in [0.3, 0.4) is 0 Å². The monoisotopic (exact) mass is 632 g/mol. The summed E-state index contributed by atoms with van der Waals surface area (Å²) in [6.07, 6.45) is 17.3. The molecule has 49 heavy (non-hydrogen) atoms. The predicted molar refractivity (Wildman–Crippen MR) is 202 cm³/mol. The zero-order valence-corrected chi connectivity index (χ0v) is 27.8. The molecule has 10 rings (SSSR count). The Kier molecular flexibility index (Phi) is 6.24. The third-order valence-electron chi connectivity index (χ3n) is 11.1. The smallest absolute Gasteiger partial charge is 0.146 e. The summed E-state index contributed by atoms with van der Waals surface area (Å²) in [6, 6.07) is 33.3. The summed E-state index contributed by atoms with van der Waals surface area (Å²) in [4.78, 5) is 10.6. The maximum atomic E-state index is 6.48. The minimum atomic E-state index is -0.0284. The van der Waals surface area contributed by atoms with Gasteiger partial charge in [0.05, 0.1) is 22.5 Å². The number of aliphatic imine (C=N–C) groups is 1. The zero-order chi connectivity index (χ0) is 32.7. The lowest BCUT2D eigenvalue weighted by Gasteiger charge is -2.25. The van der Waals surface area contributed by atoms with Crippen molar-refractivity contribution in [3.63, 3.8) is 0 Å². The molecule has 3 aliphatic carbocycles. The number of benzene rings is 4. The van der Waals surface area contributed by atoms with Crippen molar-refractivity contribution in [2.24, 2.45) is 4.99 Å². The summed E-state index contributed by atoms with van der Waals surface area (Å²) >= 11 is 0. The lowest BCUT2D eigenvalue weighted by atomic mass is 9.80. The fourth-order valence-corrected chi connectivity index (χ4v) is 8.51. The molecule has 0 saturated carbocycles. The maximum absolute atomic E-state index is 6.48. The van der Waals surface area contributed by atoms with Crippen molar-refractivity contribution in [3.8, 4) is 22.4 Å². The van der Waals surface area contributed by atoms with Crippen molar-refractivity contribution < 1.29 is 4.42 Å². The first kappa shape index (κ1) is 28.5. The molecule has 1 aliphatic heterocycles. The number of para-hydroxylation sites is 1. The van der Waals surface area contributed by atoms with Gasteiger partial charge in [0.1, 0.15) is 11.2 Å². The van der Waals surface area contributed by atoms with Gasteiger partial charge >= 0.3 is 0 Å². The number of hydrogen-bond donors (Lipinski definition) is 0. The number of allylic oxidation sites excluding steroid dienone is 5. The van der Waals surface area contributed by atoms with Crippen molar-refractivity contribution in [2.45, 2.75) is 50.9 Å². The van der Waals surface area contributed by atoms with Crippen LogP contribution >= 0.6 is 0 Å². The number of aryl methyl sites for hydroxylation is 1. The Morgan fingerprint density at radius 3 is 2.49 bits per heavy atom. The fraction of sp³-hybridized carbons (Fsp3) is 0.174. The van der Waals surface area contributed by atoms with Gasteiger partial charge in [-0.1, -0.05) is 135 Å². The van der Waals surface area contributed by atoms with Crippen molar-refractivity contribution in [2.75, 3.05) is 0 Å². The maximum Gasteiger partial charge on any atom is 0.146 e. The summed E-state index contributed by atoms with van der Waals surface area (Å²) in [5.41, 5.74) is 17.6. The highest BCUT2D eigenvalue weighted by molar-refractivity contribution is 6.14. The Hall–Kier alpha value is -5.54. The molecular formula is C46H36N2O. The van der Waals surface area contributed by atoms with Crippen LogP contribution < -0.4 is 0 Å². The van der Waals surface area contributed by atoms with Crippen molar-refractivity contribution >= 4 is 33.7 Å². The summed E-state index contributed by atoms with van der Waals surface area (Å²) in [6.45, 7) is 4.72. The van der Waals surface area contributed by atoms with Crippen LogP contribution in [0.15, 0.2) is 142 Å². The van der Waals surface area contributed by atoms with Gasteiger partial charge in [-0.05, 0) is 64.3 Å². The number of rotatable bonds is 4. The molecule has 1 atom stereocenters. The third kappa shape index (κ3) is 4.42. The molecule has 3 heteroatoms. The largest absolute Gasteiger partial charge is 0.455 e. The SMILES string of the molecule is CC1(C)c2ccccc2-c2ccc(C3C=C(C4=CCC=C4)N=C(c4ccc(-c5nc6c(c7oc8ccccc8c57)C=CCC6)cc4)C3)cc21. The lowest BCUT2D eigenvalue weighted by molar-refractivity contribution is 0.658. The number of fused-ring (bicyclic) bond motifs is 8. The van der Waals surface area contributed by atoms with Gasteiger partial charge in [-0.25, -0.2) is 0 Å². The quantitative estimate of drug-likeness (QED) is 0.194. The van der Waals surface area contributed by atoms with Gasteiger partial charge < -0.3 is 4.42 Å². The number of aromatic nitrogens is 1.